The lowest BCUT2D eigenvalue weighted by Gasteiger charge is -2.42. The minimum atomic E-state index is -1.72. The third-order valence-corrected chi connectivity index (χ3v) is 5.48. The molecule has 0 bridgehead atoms. The van der Waals surface area contributed by atoms with Crippen LogP contribution in [0.4, 0.5) is 0 Å². The quantitative estimate of drug-likeness (QED) is 0.339. The molecule has 1 rings (SSSR count). The van der Waals surface area contributed by atoms with Gasteiger partial charge in [-0.05, 0) is 41.5 Å². The minimum Gasteiger partial charge on any atom is -0.387 e. The molecule has 1 aliphatic heterocycles. The maximum Gasteiger partial charge on any atom is 0.496 e. The number of nitrogens with zero attached hydrogens (tertiary/aromatic N) is 4. The molecule has 0 N–H and O–H groups in total. The Morgan fingerprint density at radius 3 is 1.50 bits per heavy atom. The highest BCUT2D eigenvalue weighted by Gasteiger charge is 2.54. The van der Waals surface area contributed by atoms with E-state index in [1.54, 1.807) is 0 Å². The van der Waals surface area contributed by atoms with Crippen LogP contribution >= 0.6 is 0 Å². The van der Waals surface area contributed by atoms with Crippen LogP contribution in [0.2, 0.25) is 19.6 Å². The topological polar surface area (TPSA) is 42.9 Å². The van der Waals surface area contributed by atoms with E-state index < -0.39 is 8.07 Å². The van der Waals surface area contributed by atoms with Gasteiger partial charge in [0.25, 0.3) is 0 Å². The molecule has 0 fully saturated rings. The average Bonchev–Trinajstić information content (AvgIpc) is 2.59. The molecule has 1 aliphatic rings. The zero-order chi connectivity index (χ0) is 15.9. The molecule has 0 aromatic carbocycles. The zero-order valence-corrected chi connectivity index (χ0v) is 15.5. The van der Waals surface area contributed by atoms with Gasteiger partial charge >= 0.3 is 6.98 Å². The summed E-state index contributed by atoms with van der Waals surface area (Å²) in [6.07, 6.45) is 4.25. The lowest BCUT2D eigenvalue weighted by molar-refractivity contribution is 0.000843. The molecule has 0 amide bonds. The first kappa shape index (κ1) is 17.1. The van der Waals surface area contributed by atoms with Crippen molar-refractivity contribution >= 4 is 20.3 Å². The second-order valence-electron chi connectivity index (χ2n) is 8.56. The van der Waals surface area contributed by atoms with Crippen LogP contribution < -0.4 is 0 Å². The maximum absolute atomic E-state index is 9.63. The summed E-state index contributed by atoms with van der Waals surface area (Å²) < 4.78 is 0. The third-order valence-electron chi connectivity index (χ3n) is 3.58. The molecule has 0 aliphatic carbocycles. The van der Waals surface area contributed by atoms with Crippen molar-refractivity contribution < 1.29 is 4.79 Å². The predicted octanol–water partition coefficient (Wildman–Crippen LogP) is 3.25. The van der Waals surface area contributed by atoms with Crippen LogP contribution in [0, 0.1) is 0 Å². The summed E-state index contributed by atoms with van der Waals surface area (Å²) in [4.78, 5) is 8.32. The van der Waals surface area contributed by atoms with E-state index >= 15 is 0 Å². The van der Waals surface area contributed by atoms with Crippen LogP contribution in [0.25, 0.3) is 5.53 Å². The molecule has 6 heteroatoms. The first-order valence-electron chi connectivity index (χ1n) is 7.28. The van der Waals surface area contributed by atoms with Crippen molar-refractivity contribution in [3.63, 3.8) is 0 Å². The number of hydrogen-bond acceptors (Lipinski definition) is 2. The Hall–Kier alpha value is -0.998. The molecular weight excluding hydrogens is 263 g/mol. The van der Waals surface area contributed by atoms with Crippen molar-refractivity contribution in [2.45, 2.75) is 72.3 Å². The fourth-order valence-electron chi connectivity index (χ4n) is 2.47. The van der Waals surface area contributed by atoms with Crippen LogP contribution in [0.1, 0.15) is 41.5 Å². The van der Waals surface area contributed by atoms with Crippen molar-refractivity contribution in [3.05, 3.63) is 17.9 Å². The Morgan fingerprint density at radius 1 is 0.950 bits per heavy atom. The molecule has 0 aromatic heterocycles. The largest absolute Gasteiger partial charge is 0.496 e. The molecule has 0 radical (unpaired) electrons. The van der Waals surface area contributed by atoms with Crippen LogP contribution in [0.5, 0.6) is 0 Å². The molecular formula is C14H29BN4Si. The summed E-state index contributed by atoms with van der Waals surface area (Å²) in [6.45, 7) is 19.8. The highest BCUT2D eigenvalue weighted by Crippen LogP contribution is 2.30. The van der Waals surface area contributed by atoms with Crippen molar-refractivity contribution in [1.29, 1.82) is 0 Å². The Balaban J connectivity index is 3.36. The fourth-order valence-corrected chi connectivity index (χ4v) is 3.83. The van der Waals surface area contributed by atoms with Gasteiger partial charge in [-0.15, -0.1) is 0 Å². The van der Waals surface area contributed by atoms with E-state index in [9.17, 15) is 5.53 Å². The molecule has 4 nitrogen and oxygen atoms in total. The Kier molecular flexibility index (Phi) is 4.33. The molecule has 0 unspecified atom stereocenters. The van der Waals surface area contributed by atoms with Crippen LogP contribution in [-0.2, 0) is 0 Å². The Bertz CT molecular complexity index is 423. The fraction of sp³-hybridized carbons (Fsp3) is 0.786. The summed E-state index contributed by atoms with van der Waals surface area (Å²) in [6, 6.07) is 0. The molecule has 112 valence electrons. The van der Waals surface area contributed by atoms with E-state index in [4.69, 9.17) is 0 Å². The molecule has 0 saturated carbocycles. The highest BCUT2D eigenvalue weighted by atomic mass is 28.3. The van der Waals surface area contributed by atoms with Gasteiger partial charge < -0.3 is 15.2 Å². The lowest BCUT2D eigenvalue weighted by atomic mass is 9.69. The monoisotopic (exact) mass is 292 g/mol. The standard InChI is InChI=1S/C14H29BN4Si/c1-13(2,3)18-10-11-19(14(4,5)6)15(18)12(17-16)20(7,8)9/h10-11H,1-9H3. The smallest absolute Gasteiger partial charge is 0.387 e. The van der Waals surface area contributed by atoms with Gasteiger partial charge in [0.05, 0.1) is 0 Å². The van der Waals surface area contributed by atoms with E-state index in [1.807, 2.05) is 0 Å². The second-order valence-corrected chi connectivity index (χ2v) is 13.6. The summed E-state index contributed by atoms with van der Waals surface area (Å²) in [5, 5.41) is 0.923. The maximum atomic E-state index is 9.63. The lowest BCUT2D eigenvalue weighted by Crippen LogP contribution is -2.65. The van der Waals surface area contributed by atoms with E-state index in [0.717, 1.165) is 5.23 Å². The van der Waals surface area contributed by atoms with Gasteiger partial charge in [-0.2, -0.15) is 4.79 Å². The van der Waals surface area contributed by atoms with Gasteiger partial charge in [0.2, 0.25) is 5.23 Å². The Morgan fingerprint density at radius 2 is 1.30 bits per heavy atom. The zero-order valence-electron chi connectivity index (χ0n) is 14.5. The van der Waals surface area contributed by atoms with E-state index in [0.29, 0.717) is 0 Å². The first-order valence-corrected chi connectivity index (χ1v) is 10.8. The van der Waals surface area contributed by atoms with Crippen molar-refractivity contribution in [1.82, 2.24) is 9.62 Å². The minimum absolute atomic E-state index is 0.00617. The van der Waals surface area contributed by atoms with Crippen LogP contribution in [0.3, 0.4) is 0 Å². The number of rotatable bonds is 2. The van der Waals surface area contributed by atoms with Crippen molar-refractivity contribution in [2.24, 2.45) is 0 Å². The summed E-state index contributed by atoms with van der Waals surface area (Å²) >= 11 is 0. The molecule has 20 heavy (non-hydrogen) atoms. The summed E-state index contributed by atoms with van der Waals surface area (Å²) in [5.74, 6) is 0. The SMILES string of the molecule is CC(C)(C)N1C=CN(C(C)(C)C)B1C(=[N+]=[N-])[Si](C)(C)C. The van der Waals surface area contributed by atoms with Gasteiger partial charge in [-0.1, -0.05) is 19.6 Å². The number of hydrogen-bond donors (Lipinski definition) is 0. The average molecular weight is 292 g/mol. The molecule has 0 saturated heterocycles. The van der Waals surface area contributed by atoms with E-state index in [-0.39, 0.29) is 18.1 Å². The Labute approximate surface area is 125 Å². The van der Waals surface area contributed by atoms with Crippen molar-refractivity contribution in [2.75, 3.05) is 0 Å². The van der Waals surface area contributed by atoms with Gasteiger partial charge in [0, 0.05) is 23.5 Å². The molecule has 0 spiro atoms. The van der Waals surface area contributed by atoms with Gasteiger partial charge in [0.15, 0.2) is 8.07 Å². The first-order chi connectivity index (χ1) is 8.80. The van der Waals surface area contributed by atoms with Crippen LogP contribution in [-0.4, -0.2) is 45.8 Å². The van der Waals surface area contributed by atoms with E-state index in [1.165, 1.54) is 0 Å². The normalized spacial score (nSPS) is 16.8. The molecule has 1 heterocycles. The van der Waals surface area contributed by atoms with Crippen molar-refractivity contribution in [3.8, 4) is 0 Å². The van der Waals surface area contributed by atoms with Gasteiger partial charge in [-0.3, -0.25) is 0 Å². The predicted molar refractivity (Wildman–Crippen MR) is 90.1 cm³/mol. The third kappa shape index (κ3) is 3.36. The van der Waals surface area contributed by atoms with Gasteiger partial charge in [-0.25, -0.2) is 0 Å². The second kappa shape index (κ2) is 5.08. The van der Waals surface area contributed by atoms with E-state index in [2.05, 4.69) is 88.0 Å². The summed E-state index contributed by atoms with van der Waals surface area (Å²) in [7, 11) is -1.72. The molecule has 0 atom stereocenters. The van der Waals surface area contributed by atoms with Crippen LogP contribution in [0.15, 0.2) is 12.4 Å². The molecule has 0 aromatic rings. The van der Waals surface area contributed by atoms with Gasteiger partial charge in [0.1, 0.15) is 0 Å². The highest BCUT2D eigenvalue weighted by molar-refractivity contribution is 7.24. The summed E-state index contributed by atoms with van der Waals surface area (Å²) in [5.41, 5.74) is 9.60.